The number of hydrogen-bond acceptors (Lipinski definition) is 1. The Labute approximate surface area is 314 Å². The predicted octanol–water partition coefficient (Wildman–Crippen LogP) is 15.7. The normalized spacial score (nSPS) is 14.0. The molecule has 1 heterocycles. The van der Waals surface area contributed by atoms with E-state index in [-0.39, 0.29) is 0 Å². The van der Waals surface area contributed by atoms with Crippen molar-refractivity contribution in [3.05, 3.63) is 169 Å². The molecule has 0 bridgehead atoms. The predicted molar refractivity (Wildman–Crippen MR) is 231 cm³/mol. The van der Waals surface area contributed by atoms with Crippen molar-refractivity contribution in [2.45, 2.75) is 38.0 Å². The van der Waals surface area contributed by atoms with Gasteiger partial charge < -0.3 is 0 Å². The fourth-order valence-electron chi connectivity index (χ4n) is 9.75. The molecule has 0 spiro atoms. The minimum atomic E-state index is 0.635. The molecule has 252 valence electrons. The van der Waals surface area contributed by atoms with Crippen LogP contribution in [0.4, 0.5) is 0 Å². The number of fused-ring (bicyclic) bond motifs is 7. The Kier molecular flexibility index (Phi) is 7.23. The molecule has 1 aromatic heterocycles. The van der Waals surface area contributed by atoms with Crippen LogP contribution in [0.1, 0.15) is 43.6 Å². The highest BCUT2D eigenvalue weighted by Crippen LogP contribution is 2.48. The smallest absolute Gasteiger partial charge is 0.0361 e. The summed E-state index contributed by atoms with van der Waals surface area (Å²) in [5.74, 6) is 0.635. The van der Waals surface area contributed by atoms with Crippen LogP contribution < -0.4 is 0 Å². The maximum Gasteiger partial charge on any atom is 0.0361 e. The number of hydrogen-bond donors (Lipinski definition) is 0. The van der Waals surface area contributed by atoms with Crippen molar-refractivity contribution >= 4 is 74.6 Å². The van der Waals surface area contributed by atoms with E-state index in [1.165, 1.54) is 129 Å². The molecule has 0 amide bonds. The molecule has 1 fully saturated rings. The van der Waals surface area contributed by atoms with Gasteiger partial charge in [-0.3, -0.25) is 0 Å². The Morgan fingerprint density at radius 1 is 0.321 bits per heavy atom. The second kappa shape index (κ2) is 12.4. The zero-order valence-corrected chi connectivity index (χ0v) is 30.4. The molecular weight excluding hydrogens is 657 g/mol. The quantitative estimate of drug-likeness (QED) is 0.161. The third kappa shape index (κ3) is 4.88. The fourth-order valence-corrected chi connectivity index (χ4v) is 10.9. The van der Waals surface area contributed by atoms with E-state index < -0.39 is 0 Å². The highest BCUT2D eigenvalue weighted by Gasteiger charge is 2.23. The Balaban J connectivity index is 1.11. The summed E-state index contributed by atoms with van der Waals surface area (Å²) in [5, 5.41) is 13.5. The topological polar surface area (TPSA) is 0 Å². The summed E-state index contributed by atoms with van der Waals surface area (Å²) >= 11 is 1.92. The van der Waals surface area contributed by atoms with Crippen LogP contribution in [0.15, 0.2) is 164 Å². The number of thiophene rings is 1. The number of rotatable bonds is 4. The van der Waals surface area contributed by atoms with Gasteiger partial charge in [0.05, 0.1) is 0 Å². The first-order chi connectivity index (χ1) is 26.3. The van der Waals surface area contributed by atoms with E-state index in [1.54, 1.807) is 5.56 Å². The average Bonchev–Trinajstić information content (AvgIpc) is 3.59. The van der Waals surface area contributed by atoms with Crippen molar-refractivity contribution in [1.82, 2.24) is 0 Å². The first-order valence-corrected chi connectivity index (χ1v) is 20.0. The molecule has 1 aliphatic rings. The van der Waals surface area contributed by atoms with Crippen LogP contribution in [0, 0.1) is 0 Å². The number of benzene rings is 9. The van der Waals surface area contributed by atoms with Gasteiger partial charge in [-0.1, -0.05) is 165 Å². The summed E-state index contributed by atoms with van der Waals surface area (Å²) in [6.45, 7) is 0. The zero-order valence-electron chi connectivity index (χ0n) is 29.6. The van der Waals surface area contributed by atoms with Gasteiger partial charge in [0, 0.05) is 20.2 Å². The van der Waals surface area contributed by atoms with Crippen molar-refractivity contribution in [1.29, 1.82) is 0 Å². The summed E-state index contributed by atoms with van der Waals surface area (Å²) in [4.78, 5) is 0. The molecule has 0 aliphatic heterocycles. The van der Waals surface area contributed by atoms with Crippen LogP contribution in [0.2, 0.25) is 0 Å². The summed E-state index contributed by atoms with van der Waals surface area (Å²) in [6.07, 6.45) is 6.64. The van der Waals surface area contributed by atoms with E-state index in [2.05, 4.69) is 164 Å². The van der Waals surface area contributed by atoms with Crippen LogP contribution in [-0.2, 0) is 0 Å². The molecule has 0 atom stereocenters. The van der Waals surface area contributed by atoms with Gasteiger partial charge in [0.2, 0.25) is 0 Å². The summed E-state index contributed by atoms with van der Waals surface area (Å²) in [6, 6.07) is 61.6. The first kappa shape index (κ1) is 30.8. The first-order valence-electron chi connectivity index (χ1n) is 19.2. The molecule has 53 heavy (non-hydrogen) atoms. The summed E-state index contributed by atoms with van der Waals surface area (Å²) < 4.78 is 2.67. The van der Waals surface area contributed by atoms with Crippen molar-refractivity contribution in [2.75, 3.05) is 0 Å². The van der Waals surface area contributed by atoms with Gasteiger partial charge in [-0.25, -0.2) is 0 Å². The SMILES string of the molecule is c1ccc(-c2c3ccccc3c(-c3ccc4sc5cc(-c6c7ccccc7c(C7CCCCC7)c7ccccc67)ccc5c4c3)c3ccccc23)cc1. The lowest BCUT2D eigenvalue weighted by atomic mass is 9.78. The molecule has 1 saturated carbocycles. The van der Waals surface area contributed by atoms with Crippen molar-refractivity contribution < 1.29 is 0 Å². The van der Waals surface area contributed by atoms with Crippen LogP contribution in [0.25, 0.3) is 96.6 Å². The van der Waals surface area contributed by atoms with Crippen molar-refractivity contribution in [3.63, 3.8) is 0 Å². The van der Waals surface area contributed by atoms with Crippen LogP contribution in [-0.4, -0.2) is 0 Å². The molecule has 10 aromatic rings. The monoisotopic (exact) mass is 694 g/mol. The molecular formula is C52H38S. The summed E-state index contributed by atoms with van der Waals surface area (Å²) in [7, 11) is 0. The van der Waals surface area contributed by atoms with E-state index in [0.717, 1.165) is 0 Å². The van der Waals surface area contributed by atoms with Crippen molar-refractivity contribution in [2.24, 2.45) is 0 Å². The van der Waals surface area contributed by atoms with E-state index in [0.29, 0.717) is 5.92 Å². The second-order valence-electron chi connectivity index (χ2n) is 14.9. The fraction of sp³-hybridized carbons (Fsp3) is 0.115. The molecule has 0 saturated heterocycles. The van der Waals surface area contributed by atoms with E-state index >= 15 is 0 Å². The maximum atomic E-state index is 2.47. The summed E-state index contributed by atoms with van der Waals surface area (Å²) in [5.41, 5.74) is 9.39. The van der Waals surface area contributed by atoms with E-state index in [9.17, 15) is 0 Å². The van der Waals surface area contributed by atoms with Gasteiger partial charge in [0.1, 0.15) is 0 Å². The maximum absolute atomic E-state index is 2.47. The standard InChI is InChI=1S/C52H38S/c1-3-15-33(16-4-1)49-38-19-7-11-23-42(38)51(43-24-12-8-20-39(43)49)35-28-30-47-46(31-35)37-29-27-36(32-48(37)53-47)52-44-25-13-9-21-40(44)50(34-17-5-2-6-18-34)41-22-10-14-26-45(41)52/h1,3-4,7-16,19-32,34H,2,5-6,17-18H2. The highest BCUT2D eigenvalue weighted by atomic mass is 32.1. The highest BCUT2D eigenvalue weighted by molar-refractivity contribution is 7.25. The molecule has 0 radical (unpaired) electrons. The minimum Gasteiger partial charge on any atom is -0.135 e. The van der Waals surface area contributed by atoms with Crippen LogP contribution >= 0.6 is 11.3 Å². The molecule has 1 heteroatoms. The minimum absolute atomic E-state index is 0.635. The Hall–Kier alpha value is -5.76. The molecule has 9 aromatic carbocycles. The molecule has 1 aliphatic carbocycles. The third-order valence-electron chi connectivity index (χ3n) is 12.0. The van der Waals surface area contributed by atoms with Gasteiger partial charge in [0.25, 0.3) is 0 Å². The van der Waals surface area contributed by atoms with Gasteiger partial charge in [0.15, 0.2) is 0 Å². The lowest BCUT2D eigenvalue weighted by molar-refractivity contribution is 0.447. The van der Waals surface area contributed by atoms with E-state index in [4.69, 9.17) is 0 Å². The zero-order chi connectivity index (χ0) is 34.9. The average molecular weight is 695 g/mol. The molecule has 0 nitrogen and oxygen atoms in total. The molecule has 0 unspecified atom stereocenters. The van der Waals surface area contributed by atoms with Gasteiger partial charge in [-0.2, -0.15) is 0 Å². The lowest BCUT2D eigenvalue weighted by Crippen LogP contribution is -2.06. The Morgan fingerprint density at radius 2 is 0.774 bits per heavy atom. The van der Waals surface area contributed by atoms with Gasteiger partial charge >= 0.3 is 0 Å². The van der Waals surface area contributed by atoms with Crippen molar-refractivity contribution in [3.8, 4) is 33.4 Å². The van der Waals surface area contributed by atoms with Gasteiger partial charge in [-0.05, 0) is 119 Å². The Bertz CT molecular complexity index is 2920. The molecule has 11 rings (SSSR count). The van der Waals surface area contributed by atoms with E-state index in [1.807, 2.05) is 11.3 Å². The Morgan fingerprint density at radius 3 is 1.34 bits per heavy atom. The second-order valence-corrected chi connectivity index (χ2v) is 16.0. The van der Waals surface area contributed by atoms with Crippen LogP contribution in [0.5, 0.6) is 0 Å². The third-order valence-corrected chi connectivity index (χ3v) is 13.2. The molecule has 0 N–H and O–H groups in total. The van der Waals surface area contributed by atoms with Gasteiger partial charge in [-0.15, -0.1) is 11.3 Å². The van der Waals surface area contributed by atoms with Crippen LogP contribution in [0.3, 0.4) is 0 Å². The lowest BCUT2D eigenvalue weighted by Gasteiger charge is -2.26. The largest absolute Gasteiger partial charge is 0.135 e.